The molecule has 0 saturated carbocycles. The lowest BCUT2D eigenvalue weighted by Gasteiger charge is -2.10. The number of hydrogen-bond acceptors (Lipinski definition) is 3. The Labute approximate surface area is 90.8 Å². The first-order valence-corrected chi connectivity index (χ1v) is 5.24. The Bertz CT molecular complexity index is 277. The second-order valence-corrected chi connectivity index (χ2v) is 3.62. The summed E-state index contributed by atoms with van der Waals surface area (Å²) in [4.78, 5) is 11.4. The van der Waals surface area contributed by atoms with Crippen LogP contribution in [0.5, 0.6) is 0 Å². The van der Waals surface area contributed by atoms with Gasteiger partial charge in [0.1, 0.15) is 0 Å². The van der Waals surface area contributed by atoms with Gasteiger partial charge in [-0.1, -0.05) is 11.6 Å². The van der Waals surface area contributed by atoms with Gasteiger partial charge in [0.2, 0.25) is 0 Å². The summed E-state index contributed by atoms with van der Waals surface area (Å²) in [6.45, 7) is 0.310. The van der Waals surface area contributed by atoms with E-state index in [9.17, 15) is 4.79 Å². The Balaban J connectivity index is 2.72. The molecule has 0 aliphatic heterocycles. The van der Waals surface area contributed by atoms with E-state index in [4.69, 9.17) is 9.47 Å². The average Bonchev–Trinajstić information content (AvgIpc) is 2.29. The molecule has 0 spiro atoms. The quantitative estimate of drug-likeness (QED) is 0.527. The number of ether oxygens (including phenoxy) is 2. The number of esters is 1. The standard InChI is InChI=1S/C12H18O3/c1-14-9-11(12(13)15-2)8-10-6-4-3-5-7-10/h6,8H,3-5,7,9H2,1-2H3. The summed E-state index contributed by atoms with van der Waals surface area (Å²) in [5, 5.41) is 0. The van der Waals surface area contributed by atoms with Gasteiger partial charge in [-0.05, 0) is 31.8 Å². The van der Waals surface area contributed by atoms with Gasteiger partial charge in [0, 0.05) is 7.11 Å². The van der Waals surface area contributed by atoms with Crippen molar-refractivity contribution in [2.75, 3.05) is 20.8 Å². The summed E-state index contributed by atoms with van der Waals surface area (Å²) in [6, 6.07) is 0. The Hall–Kier alpha value is -1.09. The molecule has 15 heavy (non-hydrogen) atoms. The highest BCUT2D eigenvalue weighted by molar-refractivity contribution is 5.89. The van der Waals surface area contributed by atoms with Crippen molar-refractivity contribution in [2.45, 2.75) is 25.7 Å². The van der Waals surface area contributed by atoms with Crippen LogP contribution in [-0.2, 0) is 14.3 Å². The molecule has 0 amide bonds. The molecule has 84 valence electrons. The van der Waals surface area contributed by atoms with Gasteiger partial charge in [0.25, 0.3) is 0 Å². The van der Waals surface area contributed by atoms with E-state index in [1.54, 1.807) is 7.11 Å². The summed E-state index contributed by atoms with van der Waals surface area (Å²) in [7, 11) is 2.97. The lowest BCUT2D eigenvalue weighted by atomic mass is 9.98. The van der Waals surface area contributed by atoms with Crippen LogP contribution in [0, 0.1) is 0 Å². The molecule has 0 aromatic heterocycles. The zero-order valence-electron chi connectivity index (χ0n) is 9.41. The number of allylic oxidation sites excluding steroid dienone is 3. The zero-order chi connectivity index (χ0) is 11.1. The maximum Gasteiger partial charge on any atom is 0.336 e. The lowest BCUT2D eigenvalue weighted by molar-refractivity contribution is -0.136. The third-order valence-corrected chi connectivity index (χ3v) is 2.43. The van der Waals surface area contributed by atoms with Crippen molar-refractivity contribution in [3.05, 3.63) is 23.3 Å². The molecule has 0 saturated heterocycles. The molecule has 0 N–H and O–H groups in total. The number of hydrogen-bond donors (Lipinski definition) is 0. The number of rotatable bonds is 4. The minimum atomic E-state index is -0.302. The summed E-state index contributed by atoms with van der Waals surface area (Å²) in [5.41, 5.74) is 1.81. The normalized spacial score (nSPS) is 17.2. The molecule has 0 aromatic carbocycles. The fraction of sp³-hybridized carbons (Fsp3) is 0.583. The smallest absolute Gasteiger partial charge is 0.336 e. The molecular weight excluding hydrogens is 192 g/mol. The van der Waals surface area contributed by atoms with Crippen molar-refractivity contribution in [1.29, 1.82) is 0 Å². The van der Waals surface area contributed by atoms with Crippen LogP contribution in [0.3, 0.4) is 0 Å². The predicted molar refractivity (Wildman–Crippen MR) is 58.5 cm³/mol. The van der Waals surface area contributed by atoms with E-state index in [1.807, 2.05) is 6.08 Å². The summed E-state index contributed by atoms with van der Waals surface area (Å²) in [6.07, 6.45) is 8.67. The van der Waals surface area contributed by atoms with E-state index in [-0.39, 0.29) is 5.97 Å². The Morgan fingerprint density at radius 2 is 2.27 bits per heavy atom. The minimum absolute atomic E-state index is 0.302. The maximum absolute atomic E-state index is 11.4. The molecule has 1 aliphatic carbocycles. The predicted octanol–water partition coefficient (Wildman–Crippen LogP) is 2.23. The van der Waals surface area contributed by atoms with Crippen LogP contribution in [0.4, 0.5) is 0 Å². The van der Waals surface area contributed by atoms with E-state index < -0.39 is 0 Å². The van der Waals surface area contributed by atoms with E-state index in [0.717, 1.165) is 12.8 Å². The molecule has 0 bridgehead atoms. The van der Waals surface area contributed by atoms with Crippen molar-refractivity contribution < 1.29 is 14.3 Å². The highest BCUT2D eigenvalue weighted by Gasteiger charge is 2.10. The van der Waals surface area contributed by atoms with Crippen LogP contribution in [0.25, 0.3) is 0 Å². The average molecular weight is 210 g/mol. The van der Waals surface area contributed by atoms with Crippen LogP contribution in [0.2, 0.25) is 0 Å². The molecule has 3 nitrogen and oxygen atoms in total. The van der Waals surface area contributed by atoms with Crippen LogP contribution in [0.1, 0.15) is 25.7 Å². The second-order valence-electron chi connectivity index (χ2n) is 3.62. The van der Waals surface area contributed by atoms with Gasteiger partial charge in [0.15, 0.2) is 0 Å². The van der Waals surface area contributed by atoms with Gasteiger partial charge in [-0.3, -0.25) is 0 Å². The maximum atomic E-state index is 11.4. The summed E-state index contributed by atoms with van der Waals surface area (Å²) >= 11 is 0. The van der Waals surface area contributed by atoms with E-state index in [2.05, 4.69) is 6.08 Å². The zero-order valence-corrected chi connectivity index (χ0v) is 9.41. The van der Waals surface area contributed by atoms with Crippen LogP contribution < -0.4 is 0 Å². The fourth-order valence-electron chi connectivity index (χ4n) is 1.66. The molecule has 0 atom stereocenters. The molecule has 1 aliphatic rings. The first-order valence-electron chi connectivity index (χ1n) is 5.24. The largest absolute Gasteiger partial charge is 0.466 e. The monoisotopic (exact) mass is 210 g/mol. The molecular formula is C12H18O3. The molecule has 1 rings (SSSR count). The third kappa shape index (κ3) is 3.88. The van der Waals surface area contributed by atoms with Crippen LogP contribution in [0.15, 0.2) is 23.3 Å². The van der Waals surface area contributed by atoms with Gasteiger partial charge in [-0.25, -0.2) is 4.79 Å². The van der Waals surface area contributed by atoms with Crippen molar-refractivity contribution in [3.8, 4) is 0 Å². The SMILES string of the molecule is COCC(=CC1=CCCCC1)C(=O)OC. The van der Waals surface area contributed by atoms with Gasteiger partial charge < -0.3 is 9.47 Å². The molecule has 3 heteroatoms. The number of carbonyl (C=O) groups excluding carboxylic acids is 1. The lowest BCUT2D eigenvalue weighted by Crippen LogP contribution is -2.10. The summed E-state index contributed by atoms with van der Waals surface area (Å²) in [5.74, 6) is -0.302. The molecule has 0 radical (unpaired) electrons. The first-order chi connectivity index (χ1) is 7.27. The summed E-state index contributed by atoms with van der Waals surface area (Å²) < 4.78 is 9.66. The fourth-order valence-corrected chi connectivity index (χ4v) is 1.66. The Morgan fingerprint density at radius 1 is 1.47 bits per heavy atom. The highest BCUT2D eigenvalue weighted by Crippen LogP contribution is 2.19. The van der Waals surface area contributed by atoms with Crippen molar-refractivity contribution in [2.24, 2.45) is 0 Å². The van der Waals surface area contributed by atoms with Crippen molar-refractivity contribution in [3.63, 3.8) is 0 Å². The van der Waals surface area contributed by atoms with E-state index in [0.29, 0.717) is 12.2 Å². The minimum Gasteiger partial charge on any atom is -0.466 e. The Kier molecular flexibility index (Phi) is 5.12. The van der Waals surface area contributed by atoms with Crippen LogP contribution >= 0.6 is 0 Å². The second kappa shape index (κ2) is 6.40. The first kappa shape index (κ1) is 12.0. The van der Waals surface area contributed by atoms with Gasteiger partial charge in [-0.15, -0.1) is 0 Å². The van der Waals surface area contributed by atoms with Crippen molar-refractivity contribution in [1.82, 2.24) is 0 Å². The molecule has 0 heterocycles. The van der Waals surface area contributed by atoms with Gasteiger partial charge in [-0.2, -0.15) is 0 Å². The molecule has 0 unspecified atom stereocenters. The molecule has 0 fully saturated rings. The molecule has 0 aromatic rings. The van der Waals surface area contributed by atoms with Crippen LogP contribution in [-0.4, -0.2) is 26.8 Å². The van der Waals surface area contributed by atoms with Gasteiger partial charge in [0.05, 0.1) is 19.3 Å². The topological polar surface area (TPSA) is 35.5 Å². The third-order valence-electron chi connectivity index (χ3n) is 2.43. The highest BCUT2D eigenvalue weighted by atomic mass is 16.5. The van der Waals surface area contributed by atoms with Crippen molar-refractivity contribution >= 4 is 5.97 Å². The van der Waals surface area contributed by atoms with Gasteiger partial charge >= 0.3 is 5.97 Å². The number of methoxy groups -OCH3 is 2. The van der Waals surface area contributed by atoms with E-state index in [1.165, 1.54) is 25.5 Å². The van der Waals surface area contributed by atoms with E-state index >= 15 is 0 Å². The Morgan fingerprint density at radius 3 is 2.80 bits per heavy atom. The number of carbonyl (C=O) groups is 1.